The first-order valence-electron chi connectivity index (χ1n) is 6.13. The van der Waals surface area contributed by atoms with Gasteiger partial charge in [0.2, 0.25) is 0 Å². The van der Waals surface area contributed by atoms with Crippen LogP contribution in [-0.4, -0.2) is 13.2 Å². The van der Waals surface area contributed by atoms with Crippen molar-refractivity contribution in [3.63, 3.8) is 0 Å². The molecule has 1 aromatic carbocycles. The van der Waals surface area contributed by atoms with E-state index in [1.54, 1.807) is 12.1 Å². The first-order valence-corrected chi connectivity index (χ1v) is 6.13. The van der Waals surface area contributed by atoms with Gasteiger partial charge in [0, 0.05) is 11.6 Å². The van der Waals surface area contributed by atoms with Gasteiger partial charge in [0.05, 0.1) is 0 Å². The van der Waals surface area contributed by atoms with Crippen LogP contribution in [0.25, 0.3) is 0 Å². The lowest BCUT2D eigenvalue weighted by Gasteiger charge is -2.32. The zero-order chi connectivity index (χ0) is 13.8. The second kappa shape index (κ2) is 6.14. The zero-order valence-electron chi connectivity index (χ0n) is 11.3. The molecule has 0 bridgehead atoms. The number of benzene rings is 1. The summed E-state index contributed by atoms with van der Waals surface area (Å²) in [6.07, 6.45) is 0. The Morgan fingerprint density at radius 1 is 1.22 bits per heavy atom. The van der Waals surface area contributed by atoms with Crippen LogP contribution in [0.4, 0.5) is 8.78 Å². The Hall–Kier alpha value is -1.16. The topological polar surface area (TPSA) is 21.3 Å². The molecule has 0 aromatic heterocycles. The molecule has 0 heterocycles. The van der Waals surface area contributed by atoms with Gasteiger partial charge in [0.25, 0.3) is 0 Å². The molecule has 1 N–H and O–H groups in total. The van der Waals surface area contributed by atoms with Crippen LogP contribution in [0.5, 0.6) is 5.75 Å². The highest BCUT2D eigenvalue weighted by Gasteiger charge is 2.28. The number of ether oxygens (including phenoxy) is 1. The number of para-hydroxylation sites is 1. The standard InChI is InChI=1S/C14H21F2NO/c1-5-17-12(14(2,3)4)10-8-6-7-9-11(10)18-13(15)16/h6-9,12-13,17H,5H2,1-4H3. The van der Waals surface area contributed by atoms with E-state index in [-0.39, 0.29) is 17.2 Å². The molecule has 0 aliphatic carbocycles. The van der Waals surface area contributed by atoms with Crippen molar-refractivity contribution in [3.05, 3.63) is 29.8 Å². The summed E-state index contributed by atoms with van der Waals surface area (Å²) >= 11 is 0. The summed E-state index contributed by atoms with van der Waals surface area (Å²) in [6, 6.07) is 6.92. The molecule has 0 fully saturated rings. The second-order valence-electron chi connectivity index (χ2n) is 5.27. The second-order valence-corrected chi connectivity index (χ2v) is 5.27. The molecule has 4 heteroatoms. The van der Waals surface area contributed by atoms with Crippen molar-refractivity contribution in [2.24, 2.45) is 5.41 Å². The lowest BCUT2D eigenvalue weighted by Crippen LogP contribution is -2.32. The largest absolute Gasteiger partial charge is 0.434 e. The quantitative estimate of drug-likeness (QED) is 0.861. The molecule has 0 saturated carbocycles. The summed E-state index contributed by atoms with van der Waals surface area (Å²) in [5.41, 5.74) is 0.685. The fourth-order valence-corrected chi connectivity index (χ4v) is 2.01. The smallest absolute Gasteiger partial charge is 0.387 e. The van der Waals surface area contributed by atoms with Crippen molar-refractivity contribution in [1.29, 1.82) is 0 Å². The predicted octanol–water partition coefficient (Wildman–Crippen LogP) is 3.98. The number of alkyl halides is 2. The van der Waals surface area contributed by atoms with Crippen LogP contribution in [0.3, 0.4) is 0 Å². The van der Waals surface area contributed by atoms with E-state index in [4.69, 9.17) is 0 Å². The van der Waals surface area contributed by atoms with Gasteiger partial charge in [-0.25, -0.2) is 0 Å². The summed E-state index contributed by atoms with van der Waals surface area (Å²) in [4.78, 5) is 0. The molecule has 102 valence electrons. The number of rotatable bonds is 5. The van der Waals surface area contributed by atoms with Gasteiger partial charge >= 0.3 is 6.61 Å². The molecule has 0 aliphatic rings. The molecule has 0 aliphatic heterocycles. The number of nitrogens with one attached hydrogen (secondary N) is 1. The Labute approximate surface area is 107 Å². The van der Waals surface area contributed by atoms with Crippen LogP contribution in [0.1, 0.15) is 39.3 Å². The Kier molecular flexibility index (Phi) is 5.08. The predicted molar refractivity (Wildman–Crippen MR) is 68.9 cm³/mol. The molecule has 1 unspecified atom stereocenters. The Balaban J connectivity index is 3.11. The molecule has 0 saturated heterocycles. The normalized spacial score (nSPS) is 13.7. The minimum atomic E-state index is -2.80. The van der Waals surface area contributed by atoms with Crippen molar-refractivity contribution in [3.8, 4) is 5.75 Å². The SMILES string of the molecule is CCNC(c1ccccc1OC(F)F)C(C)(C)C. The van der Waals surface area contributed by atoms with Gasteiger partial charge in [-0.15, -0.1) is 0 Å². The minimum Gasteiger partial charge on any atom is -0.434 e. The first kappa shape index (κ1) is 14.9. The van der Waals surface area contributed by atoms with Gasteiger partial charge in [-0.05, 0) is 18.0 Å². The molecule has 0 spiro atoms. The van der Waals surface area contributed by atoms with E-state index in [0.717, 1.165) is 12.1 Å². The summed E-state index contributed by atoms with van der Waals surface area (Å²) in [5.74, 6) is 0.244. The third-order valence-corrected chi connectivity index (χ3v) is 2.72. The number of halogens is 2. The maximum atomic E-state index is 12.4. The molecule has 2 nitrogen and oxygen atoms in total. The summed E-state index contributed by atoms with van der Waals surface area (Å²) < 4.78 is 29.4. The van der Waals surface area contributed by atoms with E-state index >= 15 is 0 Å². The van der Waals surface area contributed by atoms with Crippen LogP contribution in [0.2, 0.25) is 0 Å². The number of hydrogen-bond donors (Lipinski definition) is 1. The van der Waals surface area contributed by atoms with Crippen LogP contribution in [0.15, 0.2) is 24.3 Å². The van der Waals surface area contributed by atoms with Gasteiger partial charge < -0.3 is 10.1 Å². The maximum absolute atomic E-state index is 12.4. The Bertz CT molecular complexity index is 374. The zero-order valence-corrected chi connectivity index (χ0v) is 11.3. The van der Waals surface area contributed by atoms with Crippen LogP contribution >= 0.6 is 0 Å². The van der Waals surface area contributed by atoms with Crippen molar-refractivity contribution < 1.29 is 13.5 Å². The molecule has 1 atom stereocenters. The molecule has 18 heavy (non-hydrogen) atoms. The lowest BCUT2D eigenvalue weighted by atomic mass is 9.82. The lowest BCUT2D eigenvalue weighted by molar-refractivity contribution is -0.0510. The highest BCUT2D eigenvalue weighted by atomic mass is 19.3. The van der Waals surface area contributed by atoms with Gasteiger partial charge in [0.1, 0.15) is 5.75 Å². The molecule has 1 rings (SSSR count). The van der Waals surface area contributed by atoms with E-state index in [1.165, 1.54) is 0 Å². The van der Waals surface area contributed by atoms with Gasteiger partial charge in [-0.3, -0.25) is 0 Å². The number of hydrogen-bond acceptors (Lipinski definition) is 2. The molecule has 0 radical (unpaired) electrons. The average Bonchev–Trinajstić information content (AvgIpc) is 2.25. The van der Waals surface area contributed by atoms with E-state index in [9.17, 15) is 8.78 Å². The monoisotopic (exact) mass is 257 g/mol. The summed E-state index contributed by atoms with van der Waals surface area (Å²) in [6.45, 7) is 6.17. The van der Waals surface area contributed by atoms with E-state index in [2.05, 4.69) is 30.8 Å². The maximum Gasteiger partial charge on any atom is 0.387 e. The van der Waals surface area contributed by atoms with Gasteiger partial charge in [-0.1, -0.05) is 45.9 Å². The molecule has 0 amide bonds. The third-order valence-electron chi connectivity index (χ3n) is 2.72. The highest BCUT2D eigenvalue weighted by molar-refractivity contribution is 5.37. The minimum absolute atomic E-state index is 0.0301. The summed E-state index contributed by atoms with van der Waals surface area (Å²) in [7, 11) is 0. The first-order chi connectivity index (χ1) is 8.36. The van der Waals surface area contributed by atoms with Crippen molar-refractivity contribution in [2.45, 2.75) is 40.3 Å². The Morgan fingerprint density at radius 3 is 2.33 bits per heavy atom. The average molecular weight is 257 g/mol. The van der Waals surface area contributed by atoms with E-state index < -0.39 is 6.61 Å². The van der Waals surface area contributed by atoms with Crippen molar-refractivity contribution >= 4 is 0 Å². The fourth-order valence-electron chi connectivity index (χ4n) is 2.01. The van der Waals surface area contributed by atoms with Crippen LogP contribution in [0, 0.1) is 5.41 Å². The molecular weight excluding hydrogens is 236 g/mol. The Morgan fingerprint density at radius 2 is 1.83 bits per heavy atom. The third kappa shape index (κ3) is 3.95. The van der Waals surface area contributed by atoms with Gasteiger partial charge in [-0.2, -0.15) is 8.78 Å². The van der Waals surface area contributed by atoms with Crippen molar-refractivity contribution in [2.75, 3.05) is 6.54 Å². The summed E-state index contributed by atoms with van der Waals surface area (Å²) in [5, 5.41) is 3.33. The van der Waals surface area contributed by atoms with E-state index in [0.29, 0.717) is 0 Å². The van der Waals surface area contributed by atoms with Crippen LogP contribution < -0.4 is 10.1 Å². The van der Waals surface area contributed by atoms with Gasteiger partial charge in [0.15, 0.2) is 0 Å². The van der Waals surface area contributed by atoms with Crippen molar-refractivity contribution in [1.82, 2.24) is 5.32 Å². The fraction of sp³-hybridized carbons (Fsp3) is 0.571. The molecular formula is C14H21F2NO. The van der Waals surface area contributed by atoms with Crippen LogP contribution in [-0.2, 0) is 0 Å². The van der Waals surface area contributed by atoms with E-state index in [1.807, 2.05) is 19.1 Å². The molecule has 1 aromatic rings. The highest BCUT2D eigenvalue weighted by Crippen LogP contribution is 2.37.